The fourth-order valence-corrected chi connectivity index (χ4v) is 3.91. The van der Waals surface area contributed by atoms with Gasteiger partial charge in [-0.05, 0) is 52.2 Å². The second-order valence-electron chi connectivity index (χ2n) is 7.73. The highest BCUT2D eigenvalue weighted by atomic mass is 79.9. The Hall–Kier alpha value is -2.75. The number of halogens is 3. The van der Waals surface area contributed by atoms with Crippen LogP contribution in [-0.2, 0) is 4.79 Å². The van der Waals surface area contributed by atoms with E-state index in [-0.39, 0.29) is 30.0 Å². The summed E-state index contributed by atoms with van der Waals surface area (Å²) in [4.78, 5) is 27.4. The Bertz CT molecular complexity index is 924. The number of para-hydroxylation sites is 1. The van der Waals surface area contributed by atoms with Crippen molar-refractivity contribution >= 4 is 39.9 Å². The van der Waals surface area contributed by atoms with Gasteiger partial charge in [-0.25, -0.2) is 9.78 Å². The van der Waals surface area contributed by atoms with Crippen LogP contribution in [0.5, 0.6) is 5.75 Å². The number of alkyl halides is 2. The molecule has 1 aromatic carbocycles. The Morgan fingerprint density at radius 1 is 1.34 bits per heavy atom. The molecule has 1 heterocycles. The Balaban J connectivity index is 0.00000114. The van der Waals surface area contributed by atoms with Gasteiger partial charge in [0.2, 0.25) is 0 Å². The van der Waals surface area contributed by atoms with E-state index >= 15 is 0 Å². The number of carboxylic acid groups (broad SMARTS) is 1. The van der Waals surface area contributed by atoms with Gasteiger partial charge in [-0.1, -0.05) is 39.0 Å². The molecule has 0 bridgehead atoms. The highest BCUT2D eigenvalue weighted by Crippen LogP contribution is 2.38. The number of urea groups is 1. The zero-order chi connectivity index (χ0) is 23.8. The monoisotopic (exact) mass is 513 g/mol. The summed E-state index contributed by atoms with van der Waals surface area (Å²) in [5, 5.41) is 9.56. The number of nitrogens with one attached hydrogen (secondary N) is 1. The van der Waals surface area contributed by atoms with E-state index in [1.807, 2.05) is 24.3 Å². The largest absolute Gasteiger partial charge is 0.483 e. The molecule has 2 amide bonds. The van der Waals surface area contributed by atoms with Gasteiger partial charge < -0.3 is 9.84 Å². The van der Waals surface area contributed by atoms with Crippen molar-refractivity contribution in [1.82, 2.24) is 4.98 Å². The first-order valence-electron chi connectivity index (χ1n) is 10.0. The molecule has 1 aromatic heterocycles. The van der Waals surface area contributed by atoms with Crippen LogP contribution in [0.15, 0.2) is 41.0 Å². The SMILES string of the molecule is CC1CC(N(C(=O)Nc2ncc(Br)cc2OC(F)F)c2ccccc2C(C)C)C1.O=CO. The topological polar surface area (TPSA) is 91.8 Å². The lowest BCUT2D eigenvalue weighted by atomic mass is 9.80. The quantitative estimate of drug-likeness (QED) is 0.454. The first-order chi connectivity index (χ1) is 15.2. The lowest BCUT2D eigenvalue weighted by Gasteiger charge is -2.42. The molecule has 32 heavy (non-hydrogen) atoms. The van der Waals surface area contributed by atoms with Crippen LogP contribution < -0.4 is 15.0 Å². The van der Waals surface area contributed by atoms with Crippen molar-refractivity contribution in [2.75, 3.05) is 10.2 Å². The number of ether oxygens (including phenoxy) is 1. The average Bonchev–Trinajstić information content (AvgIpc) is 2.69. The normalized spacial score (nSPS) is 17.1. The summed E-state index contributed by atoms with van der Waals surface area (Å²) in [6, 6.07) is 8.75. The second-order valence-corrected chi connectivity index (χ2v) is 8.64. The van der Waals surface area contributed by atoms with E-state index in [1.54, 1.807) is 4.90 Å². The van der Waals surface area contributed by atoms with Crippen molar-refractivity contribution in [3.8, 4) is 5.75 Å². The summed E-state index contributed by atoms with van der Waals surface area (Å²) in [5.41, 5.74) is 1.88. The summed E-state index contributed by atoms with van der Waals surface area (Å²) < 4.78 is 30.6. The van der Waals surface area contributed by atoms with E-state index in [1.165, 1.54) is 12.3 Å². The number of aromatic nitrogens is 1. The van der Waals surface area contributed by atoms with Crippen LogP contribution in [0.25, 0.3) is 0 Å². The highest BCUT2D eigenvalue weighted by Gasteiger charge is 2.36. The Morgan fingerprint density at radius 2 is 1.97 bits per heavy atom. The fourth-order valence-electron chi connectivity index (χ4n) is 3.60. The molecule has 7 nitrogen and oxygen atoms in total. The highest BCUT2D eigenvalue weighted by molar-refractivity contribution is 9.10. The maximum absolute atomic E-state index is 13.3. The minimum Gasteiger partial charge on any atom is -0.483 e. The molecule has 2 aromatic rings. The number of anilines is 2. The van der Waals surface area contributed by atoms with Crippen molar-refractivity contribution < 1.29 is 28.2 Å². The predicted molar refractivity (Wildman–Crippen MR) is 121 cm³/mol. The molecule has 1 saturated carbocycles. The van der Waals surface area contributed by atoms with Gasteiger partial charge in [0, 0.05) is 28.5 Å². The zero-order valence-corrected chi connectivity index (χ0v) is 19.6. The molecule has 1 aliphatic carbocycles. The average molecular weight is 514 g/mol. The fraction of sp³-hybridized carbons (Fsp3) is 0.409. The number of hydrogen-bond donors (Lipinski definition) is 2. The van der Waals surface area contributed by atoms with Gasteiger partial charge in [0.05, 0.1) is 0 Å². The van der Waals surface area contributed by atoms with E-state index in [9.17, 15) is 13.6 Å². The van der Waals surface area contributed by atoms with Gasteiger partial charge in [-0.15, -0.1) is 0 Å². The minimum atomic E-state index is -3.02. The maximum atomic E-state index is 13.3. The van der Waals surface area contributed by atoms with Crippen LogP contribution in [0, 0.1) is 5.92 Å². The lowest BCUT2D eigenvalue weighted by Crippen LogP contribution is -2.49. The molecular formula is C22H26BrF2N3O4. The standard InChI is InChI=1S/C21H24BrF2N3O2.CH2O2/c1-12(2)16-6-4-5-7-17(16)27(15-8-13(3)9-15)21(28)26-19-18(29-20(23)24)10-14(22)11-25-19;2-1-3/h4-7,10-13,15,20H,8-9H2,1-3H3,(H,25,26,28);1H,(H,2,3). The molecule has 10 heteroatoms. The number of carbonyl (C=O) groups is 2. The van der Waals surface area contributed by atoms with Gasteiger partial charge >= 0.3 is 12.6 Å². The number of rotatable bonds is 6. The molecule has 3 rings (SSSR count). The van der Waals surface area contributed by atoms with E-state index in [4.69, 9.17) is 9.90 Å². The van der Waals surface area contributed by atoms with Crippen LogP contribution in [0.2, 0.25) is 0 Å². The van der Waals surface area contributed by atoms with Crippen molar-refractivity contribution in [3.05, 3.63) is 46.6 Å². The van der Waals surface area contributed by atoms with Crippen LogP contribution in [-0.4, -0.2) is 35.2 Å². The third-order valence-electron chi connectivity index (χ3n) is 5.01. The Morgan fingerprint density at radius 3 is 2.53 bits per heavy atom. The predicted octanol–water partition coefficient (Wildman–Crippen LogP) is 6.11. The minimum absolute atomic E-state index is 0.0415. The van der Waals surface area contributed by atoms with Gasteiger partial charge in [0.1, 0.15) is 0 Å². The maximum Gasteiger partial charge on any atom is 0.387 e. The first kappa shape index (κ1) is 25.5. The molecule has 0 atom stereocenters. The van der Waals surface area contributed by atoms with E-state index in [0.717, 1.165) is 24.1 Å². The lowest BCUT2D eigenvalue weighted by molar-refractivity contribution is -0.122. The number of hydrogen-bond acceptors (Lipinski definition) is 4. The summed E-state index contributed by atoms with van der Waals surface area (Å²) in [6.07, 6.45) is 3.19. The van der Waals surface area contributed by atoms with Crippen LogP contribution in [0.3, 0.4) is 0 Å². The Kier molecular flexibility index (Phi) is 9.37. The van der Waals surface area contributed by atoms with E-state index < -0.39 is 12.6 Å². The van der Waals surface area contributed by atoms with Gasteiger partial charge in [0.15, 0.2) is 11.6 Å². The number of pyridine rings is 1. The van der Waals surface area contributed by atoms with Gasteiger partial charge in [-0.2, -0.15) is 8.78 Å². The van der Waals surface area contributed by atoms with Crippen molar-refractivity contribution in [2.45, 2.75) is 52.2 Å². The Labute approximate surface area is 193 Å². The molecular weight excluding hydrogens is 488 g/mol. The number of nitrogens with zero attached hydrogens (tertiary/aromatic N) is 2. The molecule has 0 aliphatic heterocycles. The van der Waals surface area contributed by atoms with E-state index in [0.29, 0.717) is 10.4 Å². The number of amides is 2. The molecule has 1 aliphatic rings. The molecule has 174 valence electrons. The molecule has 1 fully saturated rings. The molecule has 2 N–H and O–H groups in total. The van der Waals surface area contributed by atoms with Gasteiger partial charge in [0.25, 0.3) is 6.47 Å². The summed E-state index contributed by atoms with van der Waals surface area (Å²) in [6.45, 7) is 3.02. The smallest absolute Gasteiger partial charge is 0.387 e. The summed E-state index contributed by atoms with van der Waals surface area (Å²) >= 11 is 3.18. The third-order valence-corrected chi connectivity index (χ3v) is 5.45. The van der Waals surface area contributed by atoms with Gasteiger partial charge in [-0.3, -0.25) is 15.0 Å². The van der Waals surface area contributed by atoms with Crippen LogP contribution in [0.1, 0.15) is 45.1 Å². The molecule has 0 spiro atoms. The third kappa shape index (κ3) is 6.62. The summed E-state index contributed by atoms with van der Waals surface area (Å²) in [7, 11) is 0. The zero-order valence-electron chi connectivity index (χ0n) is 18.0. The summed E-state index contributed by atoms with van der Waals surface area (Å²) in [5.74, 6) is 0.521. The molecule has 0 radical (unpaired) electrons. The number of benzene rings is 1. The first-order valence-corrected chi connectivity index (χ1v) is 10.8. The molecule has 0 unspecified atom stereocenters. The van der Waals surface area contributed by atoms with Crippen molar-refractivity contribution in [2.24, 2.45) is 5.92 Å². The second kappa shape index (κ2) is 11.8. The van der Waals surface area contributed by atoms with Crippen LogP contribution >= 0.6 is 15.9 Å². The van der Waals surface area contributed by atoms with E-state index in [2.05, 4.69) is 51.7 Å². The van der Waals surface area contributed by atoms with Crippen molar-refractivity contribution in [3.63, 3.8) is 0 Å². The number of carbonyl (C=O) groups excluding carboxylic acids is 1. The van der Waals surface area contributed by atoms with Crippen LogP contribution in [0.4, 0.5) is 25.1 Å². The van der Waals surface area contributed by atoms with Crippen molar-refractivity contribution in [1.29, 1.82) is 0 Å². The molecule has 0 saturated heterocycles.